The number of benzene rings is 2. The maximum atomic E-state index is 13.4. The van der Waals surface area contributed by atoms with Gasteiger partial charge in [-0.25, -0.2) is 0 Å². The van der Waals surface area contributed by atoms with Crippen LogP contribution in [0.25, 0.3) is 10.9 Å². The standard InChI is InChI=1S/C23H23N3O9S/c1-14-4-6-16(7-5-14)23(28)24-15(2)19(20-10-17(33-3)8-9-21(20)24)11-22(27)36-13-18(35-26(31)32)12-34-25(29)30/h4-10,18H,11-13H2,1-3H3. The van der Waals surface area contributed by atoms with Gasteiger partial charge in [-0.15, -0.1) is 20.2 Å². The molecule has 0 aliphatic rings. The number of carbonyl (C=O) groups excluding carboxylic acids is 2. The zero-order chi connectivity index (χ0) is 26.4. The average molecular weight is 518 g/mol. The number of thioether (sulfide) groups is 1. The maximum Gasteiger partial charge on any atom is 0.294 e. The number of rotatable bonds is 11. The van der Waals surface area contributed by atoms with Crippen molar-refractivity contribution in [2.45, 2.75) is 26.4 Å². The van der Waals surface area contributed by atoms with Gasteiger partial charge in [-0.3, -0.25) is 14.2 Å². The third-order valence-corrected chi connectivity index (χ3v) is 6.40. The summed E-state index contributed by atoms with van der Waals surface area (Å²) in [5, 5.41) is 19.1. The molecule has 2 aromatic carbocycles. The van der Waals surface area contributed by atoms with Crippen LogP contribution in [0.5, 0.6) is 5.75 Å². The lowest BCUT2D eigenvalue weighted by Gasteiger charge is -2.12. The van der Waals surface area contributed by atoms with Crippen molar-refractivity contribution in [2.24, 2.45) is 0 Å². The first-order valence-corrected chi connectivity index (χ1v) is 11.6. The molecule has 0 saturated heterocycles. The molecule has 0 aliphatic heterocycles. The molecule has 3 rings (SSSR count). The summed E-state index contributed by atoms with van der Waals surface area (Å²) in [4.78, 5) is 55.8. The number of fused-ring (bicyclic) bond motifs is 1. The number of methoxy groups -OCH3 is 1. The Bertz CT molecular complexity index is 1300. The third kappa shape index (κ3) is 6.30. The quantitative estimate of drug-likeness (QED) is 0.272. The van der Waals surface area contributed by atoms with Crippen LogP contribution in [0.15, 0.2) is 42.5 Å². The van der Waals surface area contributed by atoms with Crippen LogP contribution in [0.4, 0.5) is 0 Å². The van der Waals surface area contributed by atoms with E-state index in [2.05, 4.69) is 9.68 Å². The minimum atomic E-state index is -1.31. The van der Waals surface area contributed by atoms with E-state index in [0.717, 1.165) is 17.3 Å². The predicted octanol–water partition coefficient (Wildman–Crippen LogP) is 3.54. The molecule has 190 valence electrons. The topological polar surface area (TPSA) is 153 Å². The number of nitrogens with zero attached hydrogens (tertiary/aromatic N) is 3. The van der Waals surface area contributed by atoms with Crippen LogP contribution in [0.1, 0.15) is 27.2 Å². The van der Waals surface area contributed by atoms with Crippen LogP contribution >= 0.6 is 11.8 Å². The smallest absolute Gasteiger partial charge is 0.294 e. The number of carbonyl (C=O) groups is 2. The van der Waals surface area contributed by atoms with Gasteiger partial charge < -0.3 is 14.4 Å². The molecule has 0 N–H and O–H groups in total. The highest BCUT2D eigenvalue weighted by Gasteiger charge is 2.23. The Kier molecular flexibility index (Phi) is 8.48. The number of hydrogen-bond acceptors (Lipinski definition) is 10. The van der Waals surface area contributed by atoms with Gasteiger partial charge in [-0.1, -0.05) is 29.5 Å². The first kappa shape index (κ1) is 26.5. The van der Waals surface area contributed by atoms with E-state index >= 15 is 0 Å². The second-order valence-corrected chi connectivity index (χ2v) is 8.86. The van der Waals surface area contributed by atoms with Crippen molar-refractivity contribution in [1.29, 1.82) is 0 Å². The van der Waals surface area contributed by atoms with Crippen molar-refractivity contribution < 1.29 is 34.2 Å². The third-order valence-electron chi connectivity index (χ3n) is 5.40. The minimum absolute atomic E-state index is 0.102. The minimum Gasteiger partial charge on any atom is -0.497 e. The highest BCUT2D eigenvalue weighted by molar-refractivity contribution is 8.13. The van der Waals surface area contributed by atoms with Crippen LogP contribution in [0.2, 0.25) is 0 Å². The highest BCUT2D eigenvalue weighted by Crippen LogP contribution is 2.31. The van der Waals surface area contributed by atoms with Crippen LogP contribution in [-0.2, 0) is 20.9 Å². The van der Waals surface area contributed by atoms with Crippen LogP contribution in [0.3, 0.4) is 0 Å². The van der Waals surface area contributed by atoms with Gasteiger partial charge in [-0.2, -0.15) is 0 Å². The zero-order valence-corrected chi connectivity index (χ0v) is 20.5. The van der Waals surface area contributed by atoms with Crippen LogP contribution in [-0.4, -0.2) is 51.3 Å². The molecular weight excluding hydrogens is 494 g/mol. The number of ether oxygens (including phenoxy) is 1. The number of aromatic nitrogens is 1. The molecule has 1 unspecified atom stereocenters. The van der Waals surface area contributed by atoms with E-state index in [1.54, 1.807) is 37.3 Å². The Morgan fingerprint density at radius 1 is 1.06 bits per heavy atom. The molecule has 1 heterocycles. The van der Waals surface area contributed by atoms with Crippen molar-refractivity contribution in [3.8, 4) is 5.75 Å². The largest absolute Gasteiger partial charge is 0.497 e. The summed E-state index contributed by atoms with van der Waals surface area (Å²) in [6, 6.07) is 12.3. The van der Waals surface area contributed by atoms with Gasteiger partial charge in [0.2, 0.25) is 0 Å². The van der Waals surface area contributed by atoms with E-state index in [1.165, 1.54) is 11.7 Å². The second kappa shape index (κ2) is 11.5. The van der Waals surface area contributed by atoms with E-state index in [-0.39, 0.29) is 23.2 Å². The summed E-state index contributed by atoms with van der Waals surface area (Å²) in [6.45, 7) is 2.95. The second-order valence-electron chi connectivity index (χ2n) is 7.78. The lowest BCUT2D eigenvalue weighted by molar-refractivity contribution is -0.788. The molecule has 0 aliphatic carbocycles. The Morgan fingerprint density at radius 3 is 2.36 bits per heavy atom. The lowest BCUT2D eigenvalue weighted by atomic mass is 10.1. The number of hydrogen-bond donors (Lipinski definition) is 0. The summed E-state index contributed by atoms with van der Waals surface area (Å²) >= 11 is 0.719. The van der Waals surface area contributed by atoms with Crippen molar-refractivity contribution in [1.82, 2.24) is 4.57 Å². The van der Waals surface area contributed by atoms with Crippen molar-refractivity contribution in [2.75, 3.05) is 19.5 Å². The SMILES string of the molecule is COc1ccc2c(c1)c(CC(=O)SCC(CO[N+](=O)[O-])O[N+](=O)[O-])c(C)n2C(=O)c1ccc(C)cc1. The van der Waals surface area contributed by atoms with E-state index in [4.69, 9.17) is 4.74 Å². The summed E-state index contributed by atoms with van der Waals surface area (Å²) in [6.07, 6.45) is -1.42. The van der Waals surface area contributed by atoms with Gasteiger partial charge in [0, 0.05) is 28.8 Å². The molecule has 0 spiro atoms. The van der Waals surface area contributed by atoms with Crippen molar-refractivity contribution in [3.63, 3.8) is 0 Å². The van der Waals surface area contributed by atoms with Gasteiger partial charge in [-0.05, 0) is 49.7 Å². The van der Waals surface area contributed by atoms with Crippen LogP contribution < -0.4 is 4.74 Å². The van der Waals surface area contributed by atoms with Gasteiger partial charge in [0.05, 0.1) is 12.6 Å². The molecule has 0 amide bonds. The van der Waals surface area contributed by atoms with Gasteiger partial charge in [0.25, 0.3) is 16.1 Å². The Labute approximate surface area is 209 Å². The first-order chi connectivity index (χ1) is 17.1. The van der Waals surface area contributed by atoms with E-state index in [0.29, 0.717) is 33.5 Å². The molecule has 3 aromatic rings. The molecule has 1 aromatic heterocycles. The van der Waals surface area contributed by atoms with Crippen LogP contribution in [0, 0.1) is 34.1 Å². The van der Waals surface area contributed by atoms with Gasteiger partial charge in [0.15, 0.2) is 5.12 Å². The summed E-state index contributed by atoms with van der Waals surface area (Å²) in [7, 11) is 1.51. The number of aryl methyl sites for hydroxylation is 1. The van der Waals surface area contributed by atoms with Crippen molar-refractivity contribution in [3.05, 3.63) is 85.1 Å². The predicted molar refractivity (Wildman–Crippen MR) is 130 cm³/mol. The lowest BCUT2D eigenvalue weighted by Crippen LogP contribution is -2.27. The van der Waals surface area contributed by atoms with E-state index in [9.17, 15) is 29.8 Å². The molecule has 36 heavy (non-hydrogen) atoms. The summed E-state index contributed by atoms with van der Waals surface area (Å²) in [5.41, 5.74) is 3.24. The summed E-state index contributed by atoms with van der Waals surface area (Å²) in [5.74, 6) is 0.0438. The fourth-order valence-electron chi connectivity index (χ4n) is 3.66. The zero-order valence-electron chi connectivity index (χ0n) is 19.7. The Hall–Kier alpha value is -4.13. The normalized spacial score (nSPS) is 11.6. The fourth-order valence-corrected chi connectivity index (χ4v) is 4.43. The van der Waals surface area contributed by atoms with Gasteiger partial charge >= 0.3 is 0 Å². The van der Waals surface area contributed by atoms with E-state index < -0.39 is 22.9 Å². The monoisotopic (exact) mass is 517 g/mol. The molecular formula is C23H23N3O9S. The molecule has 0 radical (unpaired) electrons. The summed E-state index contributed by atoms with van der Waals surface area (Å²) < 4.78 is 6.86. The van der Waals surface area contributed by atoms with E-state index in [1.807, 2.05) is 19.1 Å². The molecule has 12 nitrogen and oxygen atoms in total. The highest BCUT2D eigenvalue weighted by atomic mass is 32.2. The molecule has 0 bridgehead atoms. The average Bonchev–Trinajstić information content (AvgIpc) is 3.10. The van der Waals surface area contributed by atoms with Gasteiger partial charge in [0.1, 0.15) is 18.5 Å². The first-order valence-electron chi connectivity index (χ1n) is 10.6. The molecule has 1 atom stereocenters. The molecule has 0 fully saturated rings. The Morgan fingerprint density at radius 2 is 1.75 bits per heavy atom. The van der Waals surface area contributed by atoms with Crippen molar-refractivity contribution >= 4 is 33.7 Å². The molecule has 0 saturated carbocycles. The Balaban J connectivity index is 1.89. The molecule has 13 heteroatoms. The fraction of sp³-hybridized carbons (Fsp3) is 0.304. The maximum absolute atomic E-state index is 13.4.